The molecule has 0 saturated carbocycles. The molecule has 106 valence electrons. The van der Waals surface area contributed by atoms with Gasteiger partial charge in [-0.25, -0.2) is 0 Å². The maximum absolute atomic E-state index is 5.95. The Labute approximate surface area is 117 Å². The Kier molecular flexibility index (Phi) is 4.83. The summed E-state index contributed by atoms with van der Waals surface area (Å²) >= 11 is 0. The van der Waals surface area contributed by atoms with Crippen LogP contribution in [-0.2, 0) is 6.42 Å². The summed E-state index contributed by atoms with van der Waals surface area (Å²) in [5, 5.41) is 0. The number of hydrogen-bond donors (Lipinski definition) is 1. The largest absolute Gasteiger partial charge is 0.367 e. The lowest BCUT2D eigenvalue weighted by Gasteiger charge is -2.33. The van der Waals surface area contributed by atoms with Gasteiger partial charge in [0.1, 0.15) is 0 Å². The third-order valence-electron chi connectivity index (χ3n) is 4.42. The second kappa shape index (κ2) is 6.40. The van der Waals surface area contributed by atoms with Crippen molar-refractivity contribution < 1.29 is 0 Å². The molecule has 1 heterocycles. The summed E-state index contributed by atoms with van der Waals surface area (Å²) in [5.41, 5.74) is 8.79. The zero-order valence-electron chi connectivity index (χ0n) is 12.5. The number of anilines is 1. The Morgan fingerprint density at radius 3 is 2.74 bits per heavy atom. The van der Waals surface area contributed by atoms with E-state index in [0.717, 1.165) is 26.1 Å². The van der Waals surface area contributed by atoms with Gasteiger partial charge in [-0.15, -0.1) is 0 Å². The van der Waals surface area contributed by atoms with Gasteiger partial charge in [0.15, 0.2) is 0 Å². The van der Waals surface area contributed by atoms with Crippen LogP contribution in [0.5, 0.6) is 0 Å². The number of hydrogen-bond acceptors (Lipinski definition) is 3. The highest BCUT2D eigenvalue weighted by molar-refractivity contribution is 5.54. The maximum Gasteiger partial charge on any atom is 0.0401 e. The van der Waals surface area contributed by atoms with Crippen LogP contribution in [0.1, 0.15) is 25.8 Å². The third-order valence-corrected chi connectivity index (χ3v) is 4.42. The van der Waals surface area contributed by atoms with E-state index in [-0.39, 0.29) is 0 Å². The minimum absolute atomic E-state index is 0.454. The van der Waals surface area contributed by atoms with Crippen molar-refractivity contribution in [1.82, 2.24) is 4.90 Å². The molecule has 1 saturated heterocycles. The minimum atomic E-state index is 0.454. The number of likely N-dealkylation sites (N-methyl/N-ethyl adjacent to an activating group) is 1. The van der Waals surface area contributed by atoms with Crippen LogP contribution in [0.3, 0.4) is 0 Å². The molecule has 0 bridgehead atoms. The predicted octanol–water partition coefficient (Wildman–Crippen LogP) is 2.11. The number of para-hydroxylation sites is 1. The molecule has 3 heteroatoms. The lowest BCUT2D eigenvalue weighted by Crippen LogP contribution is -2.45. The van der Waals surface area contributed by atoms with Crippen molar-refractivity contribution in [3.63, 3.8) is 0 Å². The molecule has 2 unspecified atom stereocenters. The van der Waals surface area contributed by atoms with Gasteiger partial charge in [0.2, 0.25) is 0 Å². The Balaban J connectivity index is 2.29. The average molecular weight is 261 g/mol. The molecule has 3 nitrogen and oxygen atoms in total. The highest BCUT2D eigenvalue weighted by atomic mass is 15.3. The molecule has 1 fully saturated rings. The zero-order chi connectivity index (χ0) is 13.8. The molecule has 1 aliphatic rings. The Morgan fingerprint density at radius 2 is 2.05 bits per heavy atom. The second-order valence-electron chi connectivity index (χ2n) is 5.64. The van der Waals surface area contributed by atoms with Gasteiger partial charge >= 0.3 is 0 Å². The van der Waals surface area contributed by atoms with Gasteiger partial charge in [-0.1, -0.05) is 25.1 Å². The molecule has 19 heavy (non-hydrogen) atoms. The van der Waals surface area contributed by atoms with Crippen molar-refractivity contribution in [2.45, 2.75) is 38.8 Å². The van der Waals surface area contributed by atoms with Gasteiger partial charge in [-0.3, -0.25) is 0 Å². The molecule has 1 aromatic carbocycles. The summed E-state index contributed by atoms with van der Waals surface area (Å²) in [6.45, 7) is 7.46. The molecule has 0 aromatic heterocycles. The van der Waals surface area contributed by atoms with E-state index in [2.05, 4.69) is 55.0 Å². The van der Waals surface area contributed by atoms with Crippen LogP contribution in [0.15, 0.2) is 24.3 Å². The second-order valence-corrected chi connectivity index (χ2v) is 5.64. The lowest BCUT2D eigenvalue weighted by molar-refractivity contribution is 0.265. The topological polar surface area (TPSA) is 32.5 Å². The quantitative estimate of drug-likeness (QED) is 0.904. The summed E-state index contributed by atoms with van der Waals surface area (Å²) in [6, 6.07) is 9.81. The van der Waals surface area contributed by atoms with Crippen LogP contribution in [0.25, 0.3) is 0 Å². The molecule has 2 rings (SSSR count). The average Bonchev–Trinajstić information content (AvgIpc) is 2.59. The SMILES string of the molecule is CCc1ccccc1N1CC(CN)N(C)CCC1C. The number of benzene rings is 1. The molecule has 0 spiro atoms. The first-order valence-electron chi connectivity index (χ1n) is 7.42. The van der Waals surface area contributed by atoms with Gasteiger partial charge in [0.05, 0.1) is 0 Å². The summed E-state index contributed by atoms with van der Waals surface area (Å²) in [7, 11) is 2.19. The van der Waals surface area contributed by atoms with Crippen LogP contribution < -0.4 is 10.6 Å². The van der Waals surface area contributed by atoms with E-state index in [1.54, 1.807) is 0 Å². The van der Waals surface area contributed by atoms with Crippen LogP contribution in [0, 0.1) is 0 Å². The van der Waals surface area contributed by atoms with Crippen molar-refractivity contribution >= 4 is 5.69 Å². The van der Waals surface area contributed by atoms with Crippen molar-refractivity contribution in [3.8, 4) is 0 Å². The molecule has 2 atom stereocenters. The maximum atomic E-state index is 5.95. The molecule has 0 radical (unpaired) electrons. The van der Waals surface area contributed by atoms with Crippen LogP contribution in [0.4, 0.5) is 5.69 Å². The van der Waals surface area contributed by atoms with Gasteiger partial charge < -0.3 is 15.5 Å². The monoisotopic (exact) mass is 261 g/mol. The van der Waals surface area contributed by atoms with E-state index >= 15 is 0 Å². The summed E-state index contributed by atoms with van der Waals surface area (Å²) in [4.78, 5) is 4.96. The van der Waals surface area contributed by atoms with Crippen molar-refractivity contribution in [1.29, 1.82) is 0 Å². The first kappa shape index (κ1) is 14.4. The normalized spacial score (nSPS) is 25.4. The fourth-order valence-electron chi connectivity index (χ4n) is 2.96. The minimum Gasteiger partial charge on any atom is -0.367 e. The Bertz CT molecular complexity index is 405. The van der Waals surface area contributed by atoms with Gasteiger partial charge in [0, 0.05) is 37.4 Å². The number of aryl methyl sites for hydroxylation is 1. The van der Waals surface area contributed by atoms with E-state index in [1.165, 1.54) is 17.7 Å². The van der Waals surface area contributed by atoms with Crippen LogP contribution >= 0.6 is 0 Å². The summed E-state index contributed by atoms with van der Waals surface area (Å²) < 4.78 is 0. The molecule has 1 aliphatic heterocycles. The molecule has 0 amide bonds. The highest BCUT2D eigenvalue weighted by Gasteiger charge is 2.26. The predicted molar refractivity (Wildman–Crippen MR) is 82.7 cm³/mol. The highest BCUT2D eigenvalue weighted by Crippen LogP contribution is 2.26. The lowest BCUT2D eigenvalue weighted by atomic mass is 10.1. The van der Waals surface area contributed by atoms with E-state index in [1.807, 2.05) is 0 Å². The summed E-state index contributed by atoms with van der Waals surface area (Å²) in [6.07, 6.45) is 2.29. The van der Waals surface area contributed by atoms with Gasteiger partial charge in [-0.05, 0) is 38.4 Å². The van der Waals surface area contributed by atoms with Crippen LogP contribution in [0.2, 0.25) is 0 Å². The Hall–Kier alpha value is -1.06. The standard InChI is InChI=1S/C16H27N3/c1-4-14-7-5-6-8-16(14)19-12-15(11-17)18(3)10-9-13(19)2/h5-8,13,15H,4,9-12,17H2,1-3H3. The molecular weight excluding hydrogens is 234 g/mol. The fourth-order valence-corrected chi connectivity index (χ4v) is 2.96. The summed E-state index contributed by atoms with van der Waals surface area (Å²) in [5.74, 6) is 0. The molecule has 2 N–H and O–H groups in total. The van der Waals surface area contributed by atoms with Crippen molar-refractivity contribution in [3.05, 3.63) is 29.8 Å². The number of nitrogens with two attached hydrogens (primary N) is 1. The number of rotatable bonds is 3. The van der Waals surface area contributed by atoms with Gasteiger partial charge in [-0.2, -0.15) is 0 Å². The van der Waals surface area contributed by atoms with Crippen LogP contribution in [-0.4, -0.2) is 43.7 Å². The molecular formula is C16H27N3. The van der Waals surface area contributed by atoms with Crippen molar-refractivity contribution in [2.24, 2.45) is 5.73 Å². The van der Waals surface area contributed by atoms with Crippen molar-refractivity contribution in [2.75, 3.05) is 31.6 Å². The first-order valence-corrected chi connectivity index (χ1v) is 7.42. The third kappa shape index (κ3) is 3.10. The van der Waals surface area contributed by atoms with E-state index in [4.69, 9.17) is 5.73 Å². The Morgan fingerprint density at radius 1 is 1.32 bits per heavy atom. The van der Waals surface area contributed by atoms with E-state index in [9.17, 15) is 0 Å². The first-order chi connectivity index (χ1) is 9.17. The van der Waals surface area contributed by atoms with E-state index < -0.39 is 0 Å². The van der Waals surface area contributed by atoms with E-state index in [0.29, 0.717) is 12.1 Å². The molecule has 0 aliphatic carbocycles. The fraction of sp³-hybridized carbons (Fsp3) is 0.625. The van der Waals surface area contributed by atoms with Gasteiger partial charge in [0.25, 0.3) is 0 Å². The smallest absolute Gasteiger partial charge is 0.0401 e. The molecule has 1 aromatic rings. The zero-order valence-corrected chi connectivity index (χ0v) is 12.5. The number of nitrogens with zero attached hydrogens (tertiary/aromatic N) is 2.